The quantitative estimate of drug-likeness (QED) is 0.856. The summed E-state index contributed by atoms with van der Waals surface area (Å²) in [7, 11) is -3.87. The molecule has 1 heterocycles. The van der Waals surface area contributed by atoms with E-state index >= 15 is 0 Å². The second-order valence-electron chi connectivity index (χ2n) is 5.99. The Hall–Kier alpha value is -2.14. The number of aryl methyl sites for hydroxylation is 1. The SMILES string of the molecule is Cc1ccc(S(=O)(=O)N2C(=O)C3(CC3)c3ccccc32)cc1. The third-order valence-corrected chi connectivity index (χ3v) is 6.25. The molecular formula is C17H15NO3S. The van der Waals surface area contributed by atoms with Gasteiger partial charge in [-0.15, -0.1) is 0 Å². The predicted molar refractivity (Wildman–Crippen MR) is 83.2 cm³/mol. The van der Waals surface area contributed by atoms with Gasteiger partial charge in [-0.2, -0.15) is 0 Å². The molecule has 4 rings (SSSR count). The van der Waals surface area contributed by atoms with Gasteiger partial charge in [0, 0.05) is 0 Å². The lowest BCUT2D eigenvalue weighted by molar-refractivity contribution is -0.119. The van der Waals surface area contributed by atoms with E-state index in [0.717, 1.165) is 28.3 Å². The van der Waals surface area contributed by atoms with Crippen LogP contribution in [0.1, 0.15) is 24.0 Å². The van der Waals surface area contributed by atoms with E-state index < -0.39 is 15.4 Å². The minimum Gasteiger partial charge on any atom is -0.272 e. The Bertz CT molecular complexity index is 880. The molecule has 0 saturated heterocycles. The molecule has 4 nitrogen and oxygen atoms in total. The van der Waals surface area contributed by atoms with Crippen LogP contribution < -0.4 is 4.31 Å². The third-order valence-electron chi connectivity index (χ3n) is 4.54. The van der Waals surface area contributed by atoms with Gasteiger partial charge in [0.25, 0.3) is 15.9 Å². The lowest BCUT2D eigenvalue weighted by Crippen LogP contribution is -2.37. The van der Waals surface area contributed by atoms with Crippen molar-refractivity contribution in [2.75, 3.05) is 4.31 Å². The first kappa shape index (κ1) is 13.5. The van der Waals surface area contributed by atoms with Crippen LogP contribution in [0.25, 0.3) is 0 Å². The monoisotopic (exact) mass is 313 g/mol. The van der Waals surface area contributed by atoms with Crippen LogP contribution in [0.5, 0.6) is 0 Å². The molecule has 1 aliphatic heterocycles. The number of carbonyl (C=O) groups is 1. The van der Waals surface area contributed by atoms with Crippen LogP contribution >= 0.6 is 0 Å². The van der Waals surface area contributed by atoms with Gasteiger partial charge in [0.2, 0.25) is 0 Å². The number of hydrogen-bond donors (Lipinski definition) is 0. The number of hydrogen-bond acceptors (Lipinski definition) is 3. The fourth-order valence-corrected chi connectivity index (χ4v) is 4.64. The zero-order chi connectivity index (χ0) is 15.5. The Morgan fingerprint density at radius 3 is 2.27 bits per heavy atom. The standard InChI is InChI=1S/C17H15NO3S/c1-12-6-8-13(9-7-12)22(20,21)18-15-5-3-2-4-14(15)17(10-11-17)16(18)19/h2-9H,10-11H2,1H3. The van der Waals surface area contributed by atoms with Crippen molar-refractivity contribution in [3.05, 3.63) is 59.7 Å². The number of benzene rings is 2. The van der Waals surface area contributed by atoms with Gasteiger partial charge < -0.3 is 0 Å². The molecule has 0 bridgehead atoms. The number of sulfonamides is 1. The number of anilines is 1. The van der Waals surface area contributed by atoms with E-state index in [-0.39, 0.29) is 10.8 Å². The second kappa shape index (κ2) is 4.20. The van der Waals surface area contributed by atoms with E-state index in [1.807, 2.05) is 19.1 Å². The molecule has 112 valence electrons. The van der Waals surface area contributed by atoms with Gasteiger partial charge >= 0.3 is 0 Å². The van der Waals surface area contributed by atoms with E-state index in [4.69, 9.17) is 0 Å². The number of rotatable bonds is 2. The van der Waals surface area contributed by atoms with Crippen molar-refractivity contribution in [1.29, 1.82) is 0 Å². The molecule has 2 aromatic rings. The van der Waals surface area contributed by atoms with Crippen molar-refractivity contribution in [2.24, 2.45) is 0 Å². The summed E-state index contributed by atoms with van der Waals surface area (Å²) in [5.74, 6) is -0.311. The average molecular weight is 313 g/mol. The van der Waals surface area contributed by atoms with Gasteiger partial charge in [-0.3, -0.25) is 4.79 Å². The van der Waals surface area contributed by atoms with E-state index in [9.17, 15) is 13.2 Å². The maximum absolute atomic E-state index is 12.9. The molecule has 2 aliphatic rings. The minimum absolute atomic E-state index is 0.152. The maximum atomic E-state index is 12.9. The lowest BCUT2D eigenvalue weighted by Gasteiger charge is -2.18. The topological polar surface area (TPSA) is 54.5 Å². The van der Waals surface area contributed by atoms with E-state index in [1.165, 1.54) is 0 Å². The number of fused-ring (bicyclic) bond motifs is 2. The van der Waals surface area contributed by atoms with Gasteiger partial charge in [-0.05, 0) is 43.5 Å². The molecule has 1 aliphatic carbocycles. The van der Waals surface area contributed by atoms with Crippen LogP contribution in [-0.2, 0) is 20.2 Å². The maximum Gasteiger partial charge on any atom is 0.270 e. The molecule has 1 amide bonds. The van der Waals surface area contributed by atoms with Crippen LogP contribution in [-0.4, -0.2) is 14.3 Å². The Morgan fingerprint density at radius 2 is 1.64 bits per heavy atom. The van der Waals surface area contributed by atoms with Gasteiger partial charge in [0.05, 0.1) is 16.0 Å². The van der Waals surface area contributed by atoms with Gasteiger partial charge in [0.15, 0.2) is 0 Å². The van der Waals surface area contributed by atoms with E-state index in [0.29, 0.717) is 5.69 Å². The predicted octanol–water partition coefficient (Wildman–Crippen LogP) is 2.76. The highest BCUT2D eigenvalue weighted by molar-refractivity contribution is 7.93. The molecule has 1 spiro atoms. The van der Waals surface area contributed by atoms with Gasteiger partial charge in [-0.25, -0.2) is 12.7 Å². The molecule has 22 heavy (non-hydrogen) atoms. The number of para-hydroxylation sites is 1. The van der Waals surface area contributed by atoms with Crippen LogP contribution in [0.15, 0.2) is 53.4 Å². The molecule has 0 radical (unpaired) electrons. The summed E-state index contributed by atoms with van der Waals surface area (Å²) in [5.41, 5.74) is 1.72. The highest BCUT2D eigenvalue weighted by Gasteiger charge is 2.61. The third kappa shape index (κ3) is 1.63. The van der Waals surface area contributed by atoms with Crippen LogP contribution in [0.4, 0.5) is 5.69 Å². The summed E-state index contributed by atoms with van der Waals surface area (Å²) in [6, 6.07) is 13.8. The molecule has 0 N–H and O–H groups in total. The molecule has 1 saturated carbocycles. The van der Waals surface area contributed by atoms with Crippen molar-refractivity contribution in [1.82, 2.24) is 0 Å². The first-order chi connectivity index (χ1) is 10.5. The highest BCUT2D eigenvalue weighted by atomic mass is 32.2. The van der Waals surface area contributed by atoms with Crippen LogP contribution in [0, 0.1) is 6.92 Å². The minimum atomic E-state index is -3.87. The van der Waals surface area contributed by atoms with Crippen LogP contribution in [0.2, 0.25) is 0 Å². The smallest absolute Gasteiger partial charge is 0.270 e. The fraction of sp³-hybridized carbons (Fsp3) is 0.235. The normalized spacial score (nSPS) is 18.6. The fourth-order valence-electron chi connectivity index (χ4n) is 3.14. The number of amides is 1. The van der Waals surface area contributed by atoms with Crippen molar-refractivity contribution in [2.45, 2.75) is 30.1 Å². The van der Waals surface area contributed by atoms with Crippen molar-refractivity contribution >= 4 is 21.6 Å². The molecule has 1 fully saturated rings. The Kier molecular flexibility index (Phi) is 2.58. The summed E-state index contributed by atoms with van der Waals surface area (Å²) in [6.45, 7) is 1.89. The first-order valence-corrected chi connectivity index (χ1v) is 8.67. The van der Waals surface area contributed by atoms with Gasteiger partial charge in [0.1, 0.15) is 0 Å². The summed E-state index contributed by atoms with van der Waals surface area (Å²) < 4.78 is 26.9. The first-order valence-electron chi connectivity index (χ1n) is 7.23. The van der Waals surface area contributed by atoms with E-state index in [1.54, 1.807) is 36.4 Å². The van der Waals surface area contributed by atoms with Crippen molar-refractivity contribution in [3.63, 3.8) is 0 Å². The second-order valence-corrected chi connectivity index (χ2v) is 7.77. The number of nitrogens with zero attached hydrogens (tertiary/aromatic N) is 1. The lowest BCUT2D eigenvalue weighted by atomic mass is 9.98. The van der Waals surface area contributed by atoms with Crippen molar-refractivity contribution < 1.29 is 13.2 Å². The van der Waals surface area contributed by atoms with Crippen molar-refractivity contribution in [3.8, 4) is 0 Å². The summed E-state index contributed by atoms with van der Waals surface area (Å²) in [5, 5.41) is 0. The van der Waals surface area contributed by atoms with Crippen LogP contribution in [0.3, 0.4) is 0 Å². The zero-order valence-electron chi connectivity index (χ0n) is 12.1. The molecule has 2 aromatic carbocycles. The Morgan fingerprint density at radius 1 is 1.00 bits per heavy atom. The van der Waals surface area contributed by atoms with Gasteiger partial charge in [-0.1, -0.05) is 35.9 Å². The average Bonchev–Trinajstić information content (AvgIpc) is 3.25. The summed E-state index contributed by atoms with van der Waals surface area (Å²) in [6.07, 6.45) is 1.45. The number of carbonyl (C=O) groups excluding carboxylic acids is 1. The molecule has 0 unspecified atom stereocenters. The zero-order valence-corrected chi connectivity index (χ0v) is 12.9. The highest BCUT2D eigenvalue weighted by Crippen LogP contribution is 2.58. The Balaban J connectivity index is 1.89. The molecule has 0 atom stereocenters. The largest absolute Gasteiger partial charge is 0.272 e. The summed E-state index contributed by atoms with van der Waals surface area (Å²) in [4.78, 5) is 12.9. The molecule has 5 heteroatoms. The summed E-state index contributed by atoms with van der Waals surface area (Å²) >= 11 is 0. The Labute approximate surface area is 129 Å². The molecule has 0 aromatic heterocycles. The molecular weight excluding hydrogens is 298 g/mol. The van der Waals surface area contributed by atoms with E-state index in [2.05, 4.69) is 0 Å².